The van der Waals surface area contributed by atoms with Gasteiger partial charge in [0.15, 0.2) is 0 Å². The molecule has 110 valence electrons. The predicted molar refractivity (Wildman–Crippen MR) is 73.9 cm³/mol. The van der Waals surface area contributed by atoms with E-state index in [0.717, 1.165) is 45.1 Å². The summed E-state index contributed by atoms with van der Waals surface area (Å²) in [6, 6.07) is 0.168. The van der Waals surface area contributed by atoms with Crippen molar-refractivity contribution in [3.05, 3.63) is 0 Å². The topological polar surface area (TPSA) is 49.8 Å². The molecule has 4 nitrogen and oxygen atoms in total. The van der Waals surface area contributed by atoms with Gasteiger partial charge >= 0.3 is 6.09 Å². The number of aliphatic hydroxyl groups is 1. The summed E-state index contributed by atoms with van der Waals surface area (Å²) in [5.74, 6) is 0.240. The molecule has 0 aromatic heterocycles. The van der Waals surface area contributed by atoms with Crippen LogP contribution in [0.5, 0.6) is 0 Å². The number of carbonyl (C=O) groups excluding carboxylic acids is 1. The molecule has 1 amide bonds. The highest BCUT2D eigenvalue weighted by atomic mass is 16.6. The fourth-order valence-electron chi connectivity index (χ4n) is 3.37. The van der Waals surface area contributed by atoms with Crippen molar-refractivity contribution in [2.24, 2.45) is 5.92 Å². The molecule has 1 N–H and O–H groups in total. The van der Waals surface area contributed by atoms with Crippen LogP contribution < -0.4 is 0 Å². The van der Waals surface area contributed by atoms with Crippen LogP contribution in [0, 0.1) is 5.92 Å². The van der Waals surface area contributed by atoms with Crippen molar-refractivity contribution in [3.8, 4) is 0 Å². The lowest BCUT2D eigenvalue weighted by molar-refractivity contribution is -0.0185. The summed E-state index contributed by atoms with van der Waals surface area (Å²) < 4.78 is 5.52. The largest absolute Gasteiger partial charge is 0.444 e. The minimum Gasteiger partial charge on any atom is -0.444 e. The highest BCUT2D eigenvalue weighted by Gasteiger charge is 2.40. The summed E-state index contributed by atoms with van der Waals surface area (Å²) in [6.45, 7) is 6.46. The Morgan fingerprint density at radius 1 is 1.16 bits per heavy atom. The number of likely N-dealkylation sites (tertiary alicyclic amines) is 1. The number of aliphatic hydroxyl groups excluding tert-OH is 1. The van der Waals surface area contributed by atoms with Crippen molar-refractivity contribution in [1.82, 2.24) is 4.90 Å². The van der Waals surface area contributed by atoms with Crippen LogP contribution >= 0.6 is 0 Å². The molecule has 0 radical (unpaired) electrons. The SMILES string of the molecule is CC(C)(C)OC(=O)N1CCCCC2C(O)CCCC21. The zero-order valence-corrected chi connectivity index (χ0v) is 12.4. The van der Waals surface area contributed by atoms with Gasteiger partial charge in [-0.15, -0.1) is 0 Å². The standard InChI is InChI=1S/C15H27NO3/c1-15(2,3)19-14(18)16-10-5-4-7-11-12(16)8-6-9-13(11)17/h11-13,17H,4-10H2,1-3H3. The monoisotopic (exact) mass is 269 g/mol. The zero-order chi connectivity index (χ0) is 14.0. The molecule has 0 aromatic carbocycles. The average Bonchev–Trinajstić information content (AvgIpc) is 2.50. The van der Waals surface area contributed by atoms with E-state index in [1.54, 1.807) is 0 Å². The second kappa shape index (κ2) is 5.70. The van der Waals surface area contributed by atoms with Gasteiger partial charge in [-0.3, -0.25) is 0 Å². The van der Waals surface area contributed by atoms with Crippen LogP contribution in [-0.2, 0) is 4.74 Å². The van der Waals surface area contributed by atoms with Gasteiger partial charge in [0.05, 0.1) is 6.10 Å². The molecule has 3 atom stereocenters. The lowest BCUT2D eigenvalue weighted by Crippen LogP contribution is -2.50. The molecule has 2 fully saturated rings. The zero-order valence-electron chi connectivity index (χ0n) is 12.4. The number of fused-ring (bicyclic) bond motifs is 1. The molecule has 0 bridgehead atoms. The van der Waals surface area contributed by atoms with E-state index in [9.17, 15) is 9.90 Å². The van der Waals surface area contributed by atoms with Crippen molar-refractivity contribution in [2.75, 3.05) is 6.54 Å². The average molecular weight is 269 g/mol. The molecule has 0 spiro atoms. The van der Waals surface area contributed by atoms with Gasteiger partial charge in [-0.05, 0) is 52.9 Å². The van der Waals surface area contributed by atoms with Gasteiger partial charge in [0.2, 0.25) is 0 Å². The van der Waals surface area contributed by atoms with Gasteiger partial charge in [0.1, 0.15) is 5.60 Å². The maximum absolute atomic E-state index is 12.4. The molecular formula is C15H27NO3. The Morgan fingerprint density at radius 2 is 1.89 bits per heavy atom. The minimum absolute atomic E-state index is 0.168. The van der Waals surface area contributed by atoms with Gasteiger partial charge in [0, 0.05) is 18.5 Å². The van der Waals surface area contributed by atoms with Gasteiger partial charge in [-0.2, -0.15) is 0 Å². The Kier molecular flexibility index (Phi) is 4.39. The molecule has 1 saturated heterocycles. The maximum Gasteiger partial charge on any atom is 0.410 e. The number of ether oxygens (including phenoxy) is 1. The van der Waals surface area contributed by atoms with Gasteiger partial charge < -0.3 is 14.7 Å². The van der Waals surface area contributed by atoms with E-state index in [4.69, 9.17) is 4.74 Å². The van der Waals surface area contributed by atoms with Crippen molar-refractivity contribution >= 4 is 6.09 Å². The van der Waals surface area contributed by atoms with Crippen LogP contribution in [-0.4, -0.2) is 40.4 Å². The molecule has 1 heterocycles. The van der Waals surface area contributed by atoms with Gasteiger partial charge in [-0.25, -0.2) is 4.79 Å². The quantitative estimate of drug-likeness (QED) is 0.735. The number of hydrogen-bond acceptors (Lipinski definition) is 3. The third-order valence-electron chi connectivity index (χ3n) is 4.20. The first kappa shape index (κ1) is 14.6. The summed E-state index contributed by atoms with van der Waals surface area (Å²) in [6.07, 6.45) is 5.56. The maximum atomic E-state index is 12.4. The lowest BCUT2D eigenvalue weighted by Gasteiger charge is -2.41. The summed E-state index contributed by atoms with van der Waals surface area (Å²) in [5, 5.41) is 10.2. The first-order valence-corrected chi connectivity index (χ1v) is 7.56. The van der Waals surface area contributed by atoms with Crippen molar-refractivity contribution in [1.29, 1.82) is 0 Å². The van der Waals surface area contributed by atoms with Crippen LogP contribution in [0.15, 0.2) is 0 Å². The number of nitrogens with zero attached hydrogens (tertiary/aromatic N) is 1. The van der Waals surface area contributed by atoms with Gasteiger partial charge in [-0.1, -0.05) is 6.42 Å². The van der Waals surface area contributed by atoms with Crippen LogP contribution in [0.2, 0.25) is 0 Å². The van der Waals surface area contributed by atoms with E-state index >= 15 is 0 Å². The highest BCUT2D eigenvalue weighted by Crippen LogP contribution is 2.35. The second-order valence-corrected chi connectivity index (χ2v) is 6.90. The Balaban J connectivity index is 2.11. The number of amides is 1. The normalized spacial score (nSPS) is 32.4. The smallest absolute Gasteiger partial charge is 0.410 e. The molecule has 3 unspecified atom stereocenters. The first-order chi connectivity index (χ1) is 8.88. The van der Waals surface area contributed by atoms with Crippen LogP contribution in [0.3, 0.4) is 0 Å². The third kappa shape index (κ3) is 3.62. The van der Waals surface area contributed by atoms with Crippen molar-refractivity contribution in [3.63, 3.8) is 0 Å². The Morgan fingerprint density at radius 3 is 2.58 bits per heavy atom. The van der Waals surface area contributed by atoms with E-state index in [1.807, 2.05) is 25.7 Å². The summed E-state index contributed by atoms with van der Waals surface area (Å²) >= 11 is 0. The Bertz CT molecular complexity index is 324. The minimum atomic E-state index is -0.452. The van der Waals surface area contributed by atoms with E-state index in [0.29, 0.717) is 0 Å². The van der Waals surface area contributed by atoms with Crippen molar-refractivity contribution < 1.29 is 14.6 Å². The number of rotatable bonds is 0. The number of carbonyl (C=O) groups is 1. The first-order valence-electron chi connectivity index (χ1n) is 7.56. The van der Waals surface area contributed by atoms with Gasteiger partial charge in [0.25, 0.3) is 0 Å². The van der Waals surface area contributed by atoms with E-state index in [1.165, 1.54) is 0 Å². The molecule has 4 heteroatoms. The number of hydrogen-bond donors (Lipinski definition) is 1. The summed E-state index contributed by atoms with van der Waals surface area (Å²) in [5.41, 5.74) is -0.452. The van der Waals surface area contributed by atoms with Crippen LogP contribution in [0.4, 0.5) is 4.79 Å². The predicted octanol–water partition coefficient (Wildman–Crippen LogP) is 2.94. The fourth-order valence-corrected chi connectivity index (χ4v) is 3.37. The summed E-state index contributed by atoms with van der Waals surface area (Å²) in [4.78, 5) is 14.2. The molecule has 2 rings (SSSR count). The Labute approximate surface area is 116 Å². The lowest BCUT2D eigenvalue weighted by atomic mass is 9.79. The fraction of sp³-hybridized carbons (Fsp3) is 0.933. The molecular weight excluding hydrogens is 242 g/mol. The highest BCUT2D eigenvalue weighted by molar-refractivity contribution is 5.68. The molecule has 1 saturated carbocycles. The third-order valence-corrected chi connectivity index (χ3v) is 4.20. The molecule has 0 aromatic rings. The second-order valence-electron chi connectivity index (χ2n) is 6.90. The van der Waals surface area contributed by atoms with E-state index in [-0.39, 0.29) is 24.2 Å². The van der Waals surface area contributed by atoms with E-state index < -0.39 is 5.60 Å². The molecule has 1 aliphatic heterocycles. The van der Waals surface area contributed by atoms with E-state index in [2.05, 4.69) is 0 Å². The van der Waals surface area contributed by atoms with Crippen LogP contribution in [0.25, 0.3) is 0 Å². The molecule has 1 aliphatic carbocycles. The van der Waals surface area contributed by atoms with Crippen molar-refractivity contribution in [2.45, 2.75) is 77.0 Å². The Hall–Kier alpha value is -0.770. The van der Waals surface area contributed by atoms with Crippen LogP contribution in [0.1, 0.15) is 59.3 Å². The summed E-state index contributed by atoms with van der Waals surface area (Å²) in [7, 11) is 0. The molecule has 2 aliphatic rings. The molecule has 19 heavy (non-hydrogen) atoms.